The molecule has 0 aliphatic rings. The summed E-state index contributed by atoms with van der Waals surface area (Å²) in [4.78, 5) is 12.6. The van der Waals surface area contributed by atoms with Gasteiger partial charge in [0.1, 0.15) is 5.60 Å². The van der Waals surface area contributed by atoms with Gasteiger partial charge in [0.2, 0.25) is 5.90 Å². The predicted octanol–water partition coefficient (Wildman–Crippen LogP) is 5.10. The fourth-order valence-corrected chi connectivity index (χ4v) is 4.00. The lowest BCUT2D eigenvalue weighted by atomic mass is 9.94. The van der Waals surface area contributed by atoms with E-state index in [1.54, 1.807) is 59.7 Å². The number of carbonyl (C=O) groups is 1. The topological polar surface area (TPSA) is 94.1 Å². The molecule has 0 bridgehead atoms. The SMILES string of the molecule is CC(C)O/C(=N/S(=O)(=O)c1ccccc1)C(C)C(NC(=O)OC(C)(C)C)c1ccccc1. The van der Waals surface area contributed by atoms with Gasteiger partial charge in [0, 0.05) is 0 Å². The number of amides is 1. The Morgan fingerprint density at radius 1 is 0.938 bits per heavy atom. The molecule has 2 rings (SSSR count). The molecule has 0 aliphatic carbocycles. The van der Waals surface area contributed by atoms with Gasteiger partial charge in [-0.15, -0.1) is 4.40 Å². The highest BCUT2D eigenvalue weighted by molar-refractivity contribution is 7.90. The van der Waals surface area contributed by atoms with Gasteiger partial charge >= 0.3 is 6.09 Å². The van der Waals surface area contributed by atoms with E-state index < -0.39 is 33.7 Å². The Kier molecular flexibility index (Phi) is 8.44. The second-order valence-corrected chi connectivity index (χ2v) is 10.3. The summed E-state index contributed by atoms with van der Waals surface area (Å²) in [6.45, 7) is 10.7. The number of benzene rings is 2. The predicted molar refractivity (Wildman–Crippen MR) is 125 cm³/mol. The van der Waals surface area contributed by atoms with E-state index in [4.69, 9.17) is 9.47 Å². The molecule has 7 nitrogen and oxygen atoms in total. The zero-order chi connectivity index (χ0) is 23.9. The van der Waals surface area contributed by atoms with Crippen LogP contribution in [0.2, 0.25) is 0 Å². The van der Waals surface area contributed by atoms with E-state index in [0.717, 1.165) is 5.56 Å². The van der Waals surface area contributed by atoms with Crippen LogP contribution >= 0.6 is 0 Å². The summed E-state index contributed by atoms with van der Waals surface area (Å²) in [7, 11) is -4.00. The molecule has 0 fully saturated rings. The molecule has 2 aromatic rings. The Bertz CT molecular complexity index is 1010. The van der Waals surface area contributed by atoms with E-state index in [1.165, 1.54) is 12.1 Å². The molecule has 174 valence electrons. The Morgan fingerprint density at radius 2 is 1.47 bits per heavy atom. The van der Waals surface area contributed by atoms with Crippen LogP contribution < -0.4 is 5.32 Å². The third-order valence-corrected chi connectivity index (χ3v) is 5.62. The molecule has 0 saturated carbocycles. The minimum atomic E-state index is -4.00. The van der Waals surface area contributed by atoms with Crippen LogP contribution in [-0.2, 0) is 19.5 Å². The van der Waals surface area contributed by atoms with Gasteiger partial charge in [0.05, 0.1) is 23.0 Å². The summed E-state index contributed by atoms with van der Waals surface area (Å²) in [6, 6.07) is 16.5. The molecule has 2 atom stereocenters. The van der Waals surface area contributed by atoms with E-state index in [9.17, 15) is 13.2 Å². The van der Waals surface area contributed by atoms with E-state index in [1.807, 2.05) is 30.3 Å². The molecule has 0 spiro atoms. The number of hydrogen-bond acceptors (Lipinski definition) is 5. The van der Waals surface area contributed by atoms with Crippen LogP contribution in [0.1, 0.15) is 53.1 Å². The first-order chi connectivity index (χ1) is 14.9. The first-order valence-corrected chi connectivity index (χ1v) is 11.9. The average Bonchev–Trinajstić information content (AvgIpc) is 2.70. The highest BCUT2D eigenvalue weighted by Gasteiger charge is 2.31. The molecular weight excluding hydrogens is 428 g/mol. The zero-order valence-corrected chi connectivity index (χ0v) is 20.2. The average molecular weight is 461 g/mol. The quantitative estimate of drug-likeness (QED) is 0.458. The molecular formula is C24H32N2O5S. The van der Waals surface area contributed by atoms with Crippen LogP contribution in [-0.4, -0.2) is 32.1 Å². The van der Waals surface area contributed by atoms with Gasteiger partial charge in [0.15, 0.2) is 0 Å². The minimum Gasteiger partial charge on any atom is -0.477 e. The monoisotopic (exact) mass is 460 g/mol. The second kappa shape index (κ2) is 10.6. The fourth-order valence-electron chi connectivity index (χ4n) is 2.95. The van der Waals surface area contributed by atoms with Crippen molar-refractivity contribution in [2.75, 3.05) is 0 Å². The van der Waals surface area contributed by atoms with Crippen molar-refractivity contribution in [2.45, 2.75) is 64.2 Å². The highest BCUT2D eigenvalue weighted by Crippen LogP contribution is 2.26. The Labute approximate surface area is 190 Å². The van der Waals surface area contributed by atoms with Gasteiger partial charge in [-0.3, -0.25) is 0 Å². The van der Waals surface area contributed by atoms with Gasteiger partial charge in [-0.25, -0.2) is 4.79 Å². The third kappa shape index (κ3) is 7.67. The summed E-state index contributed by atoms with van der Waals surface area (Å²) < 4.78 is 41.1. The second-order valence-electron chi connectivity index (χ2n) is 8.71. The number of ether oxygens (including phenoxy) is 2. The molecule has 0 aliphatic heterocycles. The van der Waals surface area contributed by atoms with Crippen LogP contribution in [0.15, 0.2) is 70.0 Å². The maximum Gasteiger partial charge on any atom is 0.408 e. The van der Waals surface area contributed by atoms with Crippen molar-refractivity contribution < 1.29 is 22.7 Å². The molecule has 1 N–H and O–H groups in total. The first-order valence-electron chi connectivity index (χ1n) is 10.5. The number of hydrogen-bond donors (Lipinski definition) is 1. The van der Waals surface area contributed by atoms with Gasteiger partial charge in [-0.05, 0) is 52.3 Å². The Morgan fingerprint density at radius 3 is 1.97 bits per heavy atom. The summed E-state index contributed by atoms with van der Waals surface area (Å²) in [5, 5.41) is 2.85. The van der Waals surface area contributed by atoms with Crippen molar-refractivity contribution in [3.8, 4) is 0 Å². The molecule has 0 saturated heterocycles. The Hall–Kier alpha value is -2.87. The third-order valence-electron chi connectivity index (χ3n) is 4.33. The number of nitrogens with zero attached hydrogens (tertiary/aromatic N) is 1. The van der Waals surface area contributed by atoms with Crippen molar-refractivity contribution in [2.24, 2.45) is 10.3 Å². The lowest BCUT2D eigenvalue weighted by molar-refractivity contribution is 0.0492. The first kappa shape index (κ1) is 25.4. The van der Waals surface area contributed by atoms with E-state index in [0.29, 0.717) is 0 Å². The van der Waals surface area contributed by atoms with Crippen molar-refractivity contribution in [1.29, 1.82) is 0 Å². The molecule has 0 heterocycles. The number of carbonyl (C=O) groups excluding carboxylic acids is 1. The smallest absolute Gasteiger partial charge is 0.408 e. The van der Waals surface area contributed by atoms with E-state index in [2.05, 4.69) is 9.71 Å². The van der Waals surface area contributed by atoms with Gasteiger partial charge in [0.25, 0.3) is 10.0 Å². The lowest BCUT2D eigenvalue weighted by Gasteiger charge is -2.29. The van der Waals surface area contributed by atoms with Crippen molar-refractivity contribution in [1.82, 2.24) is 5.32 Å². The number of sulfonamides is 1. The molecule has 0 aromatic heterocycles. The van der Waals surface area contributed by atoms with Crippen molar-refractivity contribution >= 4 is 22.0 Å². The van der Waals surface area contributed by atoms with Crippen LogP contribution in [0.25, 0.3) is 0 Å². The molecule has 0 radical (unpaired) electrons. The Balaban J connectivity index is 2.48. The van der Waals surface area contributed by atoms with Crippen LogP contribution in [0.5, 0.6) is 0 Å². The standard InChI is InChI=1S/C24H32N2O5S/c1-17(2)30-22(26-32(28,29)20-15-11-8-12-16-20)18(3)21(19-13-9-7-10-14-19)25-23(27)31-24(4,5)6/h7-18,21H,1-6H3,(H,25,27)/b26-22+. The van der Waals surface area contributed by atoms with Gasteiger partial charge in [-0.2, -0.15) is 8.42 Å². The molecule has 1 amide bonds. The maximum atomic E-state index is 12.9. The van der Waals surface area contributed by atoms with Gasteiger partial charge in [-0.1, -0.05) is 55.5 Å². The summed E-state index contributed by atoms with van der Waals surface area (Å²) >= 11 is 0. The zero-order valence-electron chi connectivity index (χ0n) is 19.4. The fraction of sp³-hybridized carbons (Fsp3) is 0.417. The number of alkyl carbamates (subject to hydrolysis) is 1. The molecule has 2 aromatic carbocycles. The molecule has 8 heteroatoms. The number of nitrogens with one attached hydrogen (secondary N) is 1. The van der Waals surface area contributed by atoms with Gasteiger partial charge < -0.3 is 14.8 Å². The van der Waals surface area contributed by atoms with Crippen LogP contribution in [0.3, 0.4) is 0 Å². The van der Waals surface area contributed by atoms with Crippen molar-refractivity contribution in [3.63, 3.8) is 0 Å². The highest BCUT2D eigenvalue weighted by atomic mass is 32.2. The normalized spacial score (nSPS) is 14.5. The number of rotatable bonds is 7. The molecule has 2 unspecified atom stereocenters. The lowest BCUT2D eigenvalue weighted by Crippen LogP contribution is -2.40. The largest absolute Gasteiger partial charge is 0.477 e. The minimum absolute atomic E-state index is 0.00812. The summed E-state index contributed by atoms with van der Waals surface area (Å²) in [5.41, 5.74) is 0.0827. The van der Waals surface area contributed by atoms with E-state index in [-0.39, 0.29) is 16.9 Å². The van der Waals surface area contributed by atoms with E-state index >= 15 is 0 Å². The van der Waals surface area contributed by atoms with Crippen LogP contribution in [0, 0.1) is 5.92 Å². The van der Waals surface area contributed by atoms with Crippen molar-refractivity contribution in [3.05, 3.63) is 66.2 Å². The molecule has 32 heavy (non-hydrogen) atoms. The summed E-state index contributed by atoms with van der Waals surface area (Å²) in [6.07, 6.45) is -0.937. The summed E-state index contributed by atoms with van der Waals surface area (Å²) in [5.74, 6) is -0.598. The van der Waals surface area contributed by atoms with Crippen LogP contribution in [0.4, 0.5) is 4.79 Å². The maximum absolute atomic E-state index is 12.9.